The summed E-state index contributed by atoms with van der Waals surface area (Å²) in [6.07, 6.45) is 0. The zero-order valence-electron chi connectivity index (χ0n) is 10.5. The molecule has 1 aromatic heterocycles. The fourth-order valence-corrected chi connectivity index (χ4v) is 2.73. The molecule has 1 aromatic carbocycles. The van der Waals surface area contributed by atoms with Crippen LogP contribution in [0.4, 0.5) is 5.69 Å². The van der Waals surface area contributed by atoms with Crippen molar-refractivity contribution in [2.45, 2.75) is 20.4 Å². The van der Waals surface area contributed by atoms with Crippen LogP contribution in [0.25, 0.3) is 0 Å². The first-order chi connectivity index (χ1) is 8.70. The SMILES string of the molecule is CCOc1ccc(NCc2sccc2C)cc1Cl. The summed E-state index contributed by atoms with van der Waals surface area (Å²) in [6.45, 7) is 5.52. The van der Waals surface area contributed by atoms with E-state index in [0.29, 0.717) is 11.6 Å². The van der Waals surface area contributed by atoms with Crippen molar-refractivity contribution in [3.05, 3.63) is 45.1 Å². The van der Waals surface area contributed by atoms with E-state index in [0.717, 1.165) is 18.0 Å². The number of halogens is 1. The van der Waals surface area contributed by atoms with E-state index in [4.69, 9.17) is 16.3 Å². The van der Waals surface area contributed by atoms with E-state index in [1.165, 1.54) is 10.4 Å². The van der Waals surface area contributed by atoms with E-state index >= 15 is 0 Å². The van der Waals surface area contributed by atoms with Gasteiger partial charge in [-0.2, -0.15) is 0 Å². The quantitative estimate of drug-likeness (QED) is 0.856. The molecule has 0 spiro atoms. The molecule has 0 fully saturated rings. The second-order valence-electron chi connectivity index (χ2n) is 3.96. The van der Waals surface area contributed by atoms with Crippen LogP contribution in [-0.4, -0.2) is 6.61 Å². The Morgan fingerprint density at radius 2 is 2.17 bits per heavy atom. The van der Waals surface area contributed by atoms with Gasteiger partial charge in [0.05, 0.1) is 11.6 Å². The Kier molecular flexibility index (Phi) is 4.50. The monoisotopic (exact) mass is 281 g/mol. The van der Waals surface area contributed by atoms with Crippen LogP contribution in [0.3, 0.4) is 0 Å². The maximum atomic E-state index is 6.14. The zero-order valence-corrected chi connectivity index (χ0v) is 12.1. The van der Waals surface area contributed by atoms with Gasteiger partial charge in [0.1, 0.15) is 5.75 Å². The first kappa shape index (κ1) is 13.2. The number of aryl methyl sites for hydroxylation is 1. The Hall–Kier alpha value is -1.19. The third-order valence-electron chi connectivity index (χ3n) is 2.65. The molecule has 2 aromatic rings. The average molecular weight is 282 g/mol. The Bertz CT molecular complexity index is 524. The summed E-state index contributed by atoms with van der Waals surface area (Å²) in [7, 11) is 0. The standard InChI is InChI=1S/C14H16ClNOS/c1-3-17-13-5-4-11(8-12(13)15)16-9-14-10(2)6-7-18-14/h4-8,16H,3,9H2,1-2H3. The highest BCUT2D eigenvalue weighted by molar-refractivity contribution is 7.10. The lowest BCUT2D eigenvalue weighted by Crippen LogP contribution is -1.99. The molecule has 96 valence electrons. The number of nitrogens with one attached hydrogen (secondary N) is 1. The fourth-order valence-electron chi connectivity index (χ4n) is 1.65. The van der Waals surface area contributed by atoms with Crippen LogP contribution in [-0.2, 0) is 6.54 Å². The van der Waals surface area contributed by atoms with Gasteiger partial charge in [0.25, 0.3) is 0 Å². The van der Waals surface area contributed by atoms with E-state index in [9.17, 15) is 0 Å². The molecule has 0 bridgehead atoms. The van der Waals surface area contributed by atoms with Gasteiger partial charge in [-0.25, -0.2) is 0 Å². The van der Waals surface area contributed by atoms with Crippen LogP contribution in [0.2, 0.25) is 5.02 Å². The molecule has 0 radical (unpaired) electrons. The number of hydrogen-bond acceptors (Lipinski definition) is 3. The molecule has 1 heterocycles. The normalized spacial score (nSPS) is 10.4. The highest BCUT2D eigenvalue weighted by atomic mass is 35.5. The molecule has 0 saturated heterocycles. The van der Waals surface area contributed by atoms with E-state index in [-0.39, 0.29) is 0 Å². The van der Waals surface area contributed by atoms with Crippen LogP contribution in [0.15, 0.2) is 29.6 Å². The molecule has 2 rings (SSSR count). The van der Waals surface area contributed by atoms with Crippen LogP contribution in [0.5, 0.6) is 5.75 Å². The van der Waals surface area contributed by atoms with E-state index in [1.807, 2.05) is 25.1 Å². The highest BCUT2D eigenvalue weighted by Crippen LogP contribution is 2.28. The van der Waals surface area contributed by atoms with Crippen LogP contribution >= 0.6 is 22.9 Å². The van der Waals surface area contributed by atoms with Crippen molar-refractivity contribution < 1.29 is 4.74 Å². The number of ether oxygens (including phenoxy) is 1. The number of hydrogen-bond donors (Lipinski definition) is 1. The second-order valence-corrected chi connectivity index (χ2v) is 5.37. The summed E-state index contributed by atoms with van der Waals surface area (Å²) in [5.74, 6) is 0.733. The van der Waals surface area contributed by atoms with Gasteiger partial charge in [-0.1, -0.05) is 11.6 Å². The summed E-state index contributed by atoms with van der Waals surface area (Å²) in [5.41, 5.74) is 2.33. The van der Waals surface area contributed by atoms with Crippen molar-refractivity contribution >= 4 is 28.6 Å². The van der Waals surface area contributed by atoms with Crippen molar-refractivity contribution in [2.24, 2.45) is 0 Å². The summed E-state index contributed by atoms with van der Waals surface area (Å²) in [6, 6.07) is 7.91. The van der Waals surface area contributed by atoms with Gasteiger partial charge in [-0.3, -0.25) is 0 Å². The topological polar surface area (TPSA) is 21.3 Å². The van der Waals surface area contributed by atoms with Crippen LogP contribution < -0.4 is 10.1 Å². The molecule has 0 saturated carbocycles. The molecular weight excluding hydrogens is 266 g/mol. The van der Waals surface area contributed by atoms with Crippen molar-refractivity contribution in [2.75, 3.05) is 11.9 Å². The van der Waals surface area contributed by atoms with Crippen molar-refractivity contribution in [3.63, 3.8) is 0 Å². The largest absolute Gasteiger partial charge is 0.492 e. The lowest BCUT2D eigenvalue weighted by atomic mass is 10.2. The number of thiophene rings is 1. The van der Waals surface area contributed by atoms with Gasteiger partial charge in [-0.15, -0.1) is 11.3 Å². The van der Waals surface area contributed by atoms with Crippen molar-refractivity contribution in [1.29, 1.82) is 0 Å². The minimum absolute atomic E-state index is 0.626. The van der Waals surface area contributed by atoms with Gasteiger partial charge in [0, 0.05) is 17.1 Å². The molecule has 1 N–H and O–H groups in total. The minimum Gasteiger partial charge on any atom is -0.492 e. The lowest BCUT2D eigenvalue weighted by molar-refractivity contribution is 0.340. The Balaban J connectivity index is 2.02. The second kappa shape index (κ2) is 6.12. The van der Waals surface area contributed by atoms with Gasteiger partial charge in [-0.05, 0) is 49.1 Å². The van der Waals surface area contributed by atoms with Gasteiger partial charge in [0.2, 0.25) is 0 Å². The van der Waals surface area contributed by atoms with Gasteiger partial charge in [0.15, 0.2) is 0 Å². The fraction of sp³-hybridized carbons (Fsp3) is 0.286. The molecule has 0 aliphatic carbocycles. The smallest absolute Gasteiger partial charge is 0.138 e. The number of rotatable bonds is 5. The highest BCUT2D eigenvalue weighted by Gasteiger charge is 2.03. The maximum Gasteiger partial charge on any atom is 0.138 e. The molecule has 0 aliphatic heterocycles. The van der Waals surface area contributed by atoms with Gasteiger partial charge >= 0.3 is 0 Å². The summed E-state index contributed by atoms with van der Waals surface area (Å²) >= 11 is 7.90. The third-order valence-corrected chi connectivity index (χ3v) is 3.97. The van der Waals surface area contributed by atoms with E-state index < -0.39 is 0 Å². The molecule has 0 aliphatic rings. The Morgan fingerprint density at radius 1 is 1.33 bits per heavy atom. The molecule has 2 nitrogen and oxygen atoms in total. The molecule has 4 heteroatoms. The number of anilines is 1. The van der Waals surface area contributed by atoms with Crippen LogP contribution in [0, 0.1) is 6.92 Å². The average Bonchev–Trinajstić information content (AvgIpc) is 2.76. The first-order valence-electron chi connectivity index (χ1n) is 5.90. The molecular formula is C14H16ClNOS. The lowest BCUT2D eigenvalue weighted by Gasteiger charge is -2.09. The van der Waals surface area contributed by atoms with Crippen molar-refractivity contribution in [1.82, 2.24) is 0 Å². The van der Waals surface area contributed by atoms with Crippen LogP contribution in [0.1, 0.15) is 17.4 Å². The molecule has 0 amide bonds. The third kappa shape index (κ3) is 3.18. The molecule has 0 unspecified atom stereocenters. The van der Waals surface area contributed by atoms with Crippen molar-refractivity contribution in [3.8, 4) is 5.75 Å². The summed E-state index contributed by atoms with van der Waals surface area (Å²) < 4.78 is 5.40. The molecule has 18 heavy (non-hydrogen) atoms. The predicted molar refractivity (Wildman–Crippen MR) is 79.0 cm³/mol. The maximum absolute atomic E-state index is 6.14. The summed E-state index contributed by atoms with van der Waals surface area (Å²) in [5, 5.41) is 6.12. The minimum atomic E-state index is 0.626. The van der Waals surface area contributed by atoms with E-state index in [1.54, 1.807) is 11.3 Å². The zero-order chi connectivity index (χ0) is 13.0. The Morgan fingerprint density at radius 3 is 2.78 bits per heavy atom. The van der Waals surface area contributed by atoms with E-state index in [2.05, 4.69) is 23.7 Å². The number of benzene rings is 1. The first-order valence-corrected chi connectivity index (χ1v) is 7.15. The summed E-state index contributed by atoms with van der Waals surface area (Å²) in [4.78, 5) is 1.35. The molecule has 0 atom stereocenters. The Labute approximate surface area is 117 Å². The predicted octanol–water partition coefficient (Wildman–Crippen LogP) is 4.72. The van der Waals surface area contributed by atoms with Gasteiger partial charge < -0.3 is 10.1 Å².